The van der Waals surface area contributed by atoms with Crippen molar-refractivity contribution in [1.29, 1.82) is 0 Å². The summed E-state index contributed by atoms with van der Waals surface area (Å²) >= 11 is 0. The van der Waals surface area contributed by atoms with Crippen LogP contribution in [0.2, 0.25) is 0 Å². The molecule has 98 valence electrons. The molecule has 0 atom stereocenters. The predicted molar refractivity (Wildman–Crippen MR) is 65.9 cm³/mol. The molecule has 0 unspecified atom stereocenters. The molecule has 2 rings (SSSR count). The van der Waals surface area contributed by atoms with E-state index < -0.39 is 5.97 Å². The first-order valence-corrected chi connectivity index (χ1v) is 6.77. The SMILES string of the molecule is CC(C)(CC(=O)O)C1(C2CCCCC2)COC1. The summed E-state index contributed by atoms with van der Waals surface area (Å²) < 4.78 is 5.47. The Morgan fingerprint density at radius 3 is 2.29 bits per heavy atom. The molecule has 1 saturated carbocycles. The van der Waals surface area contributed by atoms with Crippen molar-refractivity contribution in [3.05, 3.63) is 0 Å². The van der Waals surface area contributed by atoms with E-state index in [-0.39, 0.29) is 17.3 Å². The van der Waals surface area contributed by atoms with E-state index in [2.05, 4.69) is 13.8 Å². The van der Waals surface area contributed by atoms with E-state index in [1.165, 1.54) is 32.1 Å². The Kier molecular flexibility index (Phi) is 3.48. The van der Waals surface area contributed by atoms with Crippen LogP contribution in [0.25, 0.3) is 0 Å². The first-order valence-electron chi connectivity index (χ1n) is 6.77. The van der Waals surface area contributed by atoms with Gasteiger partial charge >= 0.3 is 5.97 Å². The standard InChI is InChI=1S/C14H24O3/c1-13(2,8-12(15)16)14(9-17-10-14)11-6-4-3-5-7-11/h11H,3-10H2,1-2H3,(H,15,16). The average molecular weight is 240 g/mol. The maximum absolute atomic E-state index is 11.0. The lowest BCUT2D eigenvalue weighted by Crippen LogP contribution is -2.58. The van der Waals surface area contributed by atoms with E-state index in [1.54, 1.807) is 0 Å². The van der Waals surface area contributed by atoms with Crippen LogP contribution >= 0.6 is 0 Å². The number of ether oxygens (including phenoxy) is 1. The van der Waals surface area contributed by atoms with E-state index >= 15 is 0 Å². The third-order valence-corrected chi connectivity index (χ3v) is 5.05. The largest absolute Gasteiger partial charge is 0.481 e. The summed E-state index contributed by atoms with van der Waals surface area (Å²) in [7, 11) is 0. The maximum Gasteiger partial charge on any atom is 0.303 e. The number of carbonyl (C=O) groups is 1. The van der Waals surface area contributed by atoms with Gasteiger partial charge in [-0.05, 0) is 24.2 Å². The number of rotatable bonds is 4. The summed E-state index contributed by atoms with van der Waals surface area (Å²) in [6.45, 7) is 5.74. The van der Waals surface area contributed by atoms with Gasteiger partial charge in [0, 0.05) is 5.41 Å². The van der Waals surface area contributed by atoms with Crippen molar-refractivity contribution < 1.29 is 14.6 Å². The molecule has 0 aromatic heterocycles. The topological polar surface area (TPSA) is 46.5 Å². The number of hydrogen-bond donors (Lipinski definition) is 1. The monoisotopic (exact) mass is 240 g/mol. The highest BCUT2D eigenvalue weighted by atomic mass is 16.5. The third kappa shape index (κ3) is 2.22. The third-order valence-electron chi connectivity index (χ3n) is 5.05. The zero-order valence-electron chi connectivity index (χ0n) is 11.0. The van der Waals surface area contributed by atoms with Crippen LogP contribution in [0, 0.1) is 16.7 Å². The van der Waals surface area contributed by atoms with Gasteiger partial charge in [0.15, 0.2) is 0 Å². The molecule has 2 aliphatic rings. The predicted octanol–water partition coefficient (Wildman–Crippen LogP) is 3.08. The van der Waals surface area contributed by atoms with E-state index in [0.717, 1.165) is 13.2 Å². The van der Waals surface area contributed by atoms with E-state index in [4.69, 9.17) is 9.84 Å². The number of hydrogen-bond acceptors (Lipinski definition) is 2. The molecule has 3 nitrogen and oxygen atoms in total. The van der Waals surface area contributed by atoms with Crippen molar-refractivity contribution in [1.82, 2.24) is 0 Å². The minimum atomic E-state index is -0.683. The summed E-state index contributed by atoms with van der Waals surface area (Å²) in [5.74, 6) is -0.0172. The van der Waals surface area contributed by atoms with Gasteiger partial charge < -0.3 is 9.84 Å². The molecule has 0 spiro atoms. The van der Waals surface area contributed by atoms with Gasteiger partial charge in [-0.1, -0.05) is 33.1 Å². The molecule has 0 radical (unpaired) electrons. The fourth-order valence-electron chi connectivity index (χ4n) is 3.71. The van der Waals surface area contributed by atoms with E-state index in [0.29, 0.717) is 5.92 Å². The van der Waals surface area contributed by atoms with Crippen molar-refractivity contribution >= 4 is 5.97 Å². The fourth-order valence-corrected chi connectivity index (χ4v) is 3.71. The molecule has 1 aliphatic heterocycles. The first-order chi connectivity index (χ1) is 7.98. The zero-order chi connectivity index (χ0) is 12.5. The van der Waals surface area contributed by atoms with Gasteiger partial charge in [0.2, 0.25) is 0 Å². The fraction of sp³-hybridized carbons (Fsp3) is 0.929. The Morgan fingerprint density at radius 1 is 1.29 bits per heavy atom. The highest BCUT2D eigenvalue weighted by Crippen LogP contribution is 2.55. The number of aliphatic carboxylic acids is 1. The lowest BCUT2D eigenvalue weighted by atomic mass is 9.53. The molecule has 1 aliphatic carbocycles. The van der Waals surface area contributed by atoms with Gasteiger partial charge in [-0.15, -0.1) is 0 Å². The van der Waals surface area contributed by atoms with Crippen molar-refractivity contribution in [2.24, 2.45) is 16.7 Å². The van der Waals surface area contributed by atoms with Crippen LogP contribution in [0.5, 0.6) is 0 Å². The van der Waals surface area contributed by atoms with Crippen LogP contribution in [0.3, 0.4) is 0 Å². The zero-order valence-corrected chi connectivity index (χ0v) is 11.0. The molecular weight excluding hydrogens is 216 g/mol. The molecule has 1 N–H and O–H groups in total. The van der Waals surface area contributed by atoms with Crippen LogP contribution in [0.1, 0.15) is 52.4 Å². The molecule has 0 bridgehead atoms. The summed E-state index contributed by atoms with van der Waals surface area (Å²) in [6.07, 6.45) is 6.71. The van der Waals surface area contributed by atoms with Crippen LogP contribution < -0.4 is 0 Å². The summed E-state index contributed by atoms with van der Waals surface area (Å²) in [5.41, 5.74) is -0.0368. The lowest BCUT2D eigenvalue weighted by Gasteiger charge is -2.57. The second kappa shape index (κ2) is 4.60. The van der Waals surface area contributed by atoms with Crippen molar-refractivity contribution in [2.45, 2.75) is 52.4 Å². The summed E-state index contributed by atoms with van der Waals surface area (Å²) in [5, 5.41) is 9.09. The summed E-state index contributed by atoms with van der Waals surface area (Å²) in [4.78, 5) is 11.0. The van der Waals surface area contributed by atoms with Gasteiger partial charge in [-0.2, -0.15) is 0 Å². The molecule has 3 heteroatoms. The number of carboxylic acids is 1. The van der Waals surface area contributed by atoms with Crippen molar-refractivity contribution in [3.63, 3.8) is 0 Å². The molecule has 1 saturated heterocycles. The van der Waals surface area contributed by atoms with Crippen molar-refractivity contribution in [2.75, 3.05) is 13.2 Å². The Bertz CT molecular complexity index is 286. The first kappa shape index (κ1) is 12.9. The van der Waals surface area contributed by atoms with Gasteiger partial charge in [-0.25, -0.2) is 0 Å². The lowest BCUT2D eigenvalue weighted by molar-refractivity contribution is -0.216. The van der Waals surface area contributed by atoms with Crippen molar-refractivity contribution in [3.8, 4) is 0 Å². The molecule has 1 heterocycles. The van der Waals surface area contributed by atoms with Crippen LogP contribution in [0.4, 0.5) is 0 Å². The minimum Gasteiger partial charge on any atom is -0.481 e. The average Bonchev–Trinajstić information content (AvgIpc) is 2.14. The van der Waals surface area contributed by atoms with E-state index in [1.807, 2.05) is 0 Å². The highest BCUT2D eigenvalue weighted by Gasteiger charge is 2.55. The van der Waals surface area contributed by atoms with Gasteiger partial charge in [-0.3, -0.25) is 4.79 Å². The maximum atomic E-state index is 11.0. The molecule has 0 aromatic carbocycles. The smallest absolute Gasteiger partial charge is 0.303 e. The molecule has 0 aromatic rings. The molecule has 0 amide bonds. The Morgan fingerprint density at radius 2 is 1.88 bits per heavy atom. The Balaban J connectivity index is 2.14. The minimum absolute atomic E-state index is 0.117. The second-order valence-corrected chi connectivity index (χ2v) is 6.44. The molecular formula is C14H24O3. The molecule has 2 fully saturated rings. The van der Waals surface area contributed by atoms with Crippen LogP contribution in [0.15, 0.2) is 0 Å². The normalized spacial score (nSPS) is 25.3. The molecule has 17 heavy (non-hydrogen) atoms. The summed E-state index contributed by atoms with van der Waals surface area (Å²) in [6, 6.07) is 0. The Labute approximate surface area is 104 Å². The van der Waals surface area contributed by atoms with E-state index in [9.17, 15) is 4.79 Å². The van der Waals surface area contributed by atoms with Gasteiger partial charge in [0.25, 0.3) is 0 Å². The van der Waals surface area contributed by atoms with Crippen LogP contribution in [-0.2, 0) is 9.53 Å². The van der Waals surface area contributed by atoms with Gasteiger partial charge in [0.1, 0.15) is 0 Å². The Hall–Kier alpha value is -0.570. The second-order valence-electron chi connectivity index (χ2n) is 6.44. The highest BCUT2D eigenvalue weighted by molar-refractivity contribution is 5.67. The van der Waals surface area contributed by atoms with Gasteiger partial charge in [0.05, 0.1) is 19.6 Å². The van der Waals surface area contributed by atoms with Crippen LogP contribution in [-0.4, -0.2) is 24.3 Å². The quantitative estimate of drug-likeness (QED) is 0.821. The number of carboxylic acid groups (broad SMARTS) is 1.